The Labute approximate surface area is 180 Å². The van der Waals surface area contributed by atoms with E-state index in [0.29, 0.717) is 37.9 Å². The molecule has 2 rings (SSSR count). The van der Waals surface area contributed by atoms with E-state index in [9.17, 15) is 4.79 Å². The van der Waals surface area contributed by atoms with Crippen molar-refractivity contribution in [3.8, 4) is 11.5 Å². The number of carbonyl (C=O) groups excluding carboxylic acids is 1. The van der Waals surface area contributed by atoms with Gasteiger partial charge in [0.1, 0.15) is 0 Å². The van der Waals surface area contributed by atoms with Crippen molar-refractivity contribution >= 4 is 12.0 Å². The van der Waals surface area contributed by atoms with Gasteiger partial charge < -0.3 is 19.5 Å². The second-order valence-corrected chi connectivity index (χ2v) is 7.14. The molecule has 0 aliphatic carbocycles. The van der Waals surface area contributed by atoms with E-state index in [2.05, 4.69) is 18.0 Å². The van der Waals surface area contributed by atoms with Gasteiger partial charge in [-0.05, 0) is 56.0 Å². The lowest BCUT2D eigenvalue weighted by atomic mass is 9.73. The van der Waals surface area contributed by atoms with Crippen molar-refractivity contribution in [2.75, 3.05) is 33.5 Å². The standard InChI is InChI=1S/C25H33NO4/c1-5-8-21(9-6-2)25(14-16-29-17-15-25)19-26-24(27)13-11-20-10-12-22(30-7-3)23(18-20)28-4/h5-6,8-13,18H,1,7,14-17,19H2,2-4H3,(H,26,27). The summed E-state index contributed by atoms with van der Waals surface area (Å²) in [6.07, 6.45) is 13.0. The van der Waals surface area contributed by atoms with Gasteiger partial charge in [0.15, 0.2) is 11.5 Å². The average molecular weight is 412 g/mol. The van der Waals surface area contributed by atoms with E-state index in [0.717, 1.165) is 18.4 Å². The quantitative estimate of drug-likeness (QED) is 0.448. The van der Waals surface area contributed by atoms with Gasteiger partial charge in [0, 0.05) is 31.2 Å². The fourth-order valence-corrected chi connectivity index (χ4v) is 3.60. The largest absolute Gasteiger partial charge is 0.493 e. The van der Waals surface area contributed by atoms with Crippen LogP contribution in [0.3, 0.4) is 0 Å². The molecule has 0 atom stereocenters. The van der Waals surface area contributed by atoms with Crippen LogP contribution in [0.15, 0.2) is 60.7 Å². The highest BCUT2D eigenvalue weighted by atomic mass is 16.5. The maximum absolute atomic E-state index is 12.5. The highest BCUT2D eigenvalue weighted by molar-refractivity contribution is 5.91. The first kappa shape index (κ1) is 23.5. The molecule has 1 saturated heterocycles. The van der Waals surface area contributed by atoms with Gasteiger partial charge in [0.05, 0.1) is 13.7 Å². The average Bonchev–Trinajstić information content (AvgIpc) is 2.77. The summed E-state index contributed by atoms with van der Waals surface area (Å²) in [6.45, 7) is 10.2. The van der Waals surface area contributed by atoms with Crippen LogP contribution < -0.4 is 14.8 Å². The van der Waals surface area contributed by atoms with Crippen molar-refractivity contribution < 1.29 is 19.0 Å². The van der Waals surface area contributed by atoms with Crippen LogP contribution in [0.25, 0.3) is 6.08 Å². The molecule has 5 nitrogen and oxygen atoms in total. The molecule has 0 radical (unpaired) electrons. The fourth-order valence-electron chi connectivity index (χ4n) is 3.60. The molecular weight excluding hydrogens is 378 g/mol. The first-order chi connectivity index (χ1) is 14.6. The Morgan fingerprint density at radius 1 is 1.27 bits per heavy atom. The summed E-state index contributed by atoms with van der Waals surface area (Å²) in [5, 5.41) is 3.07. The molecule has 5 heteroatoms. The van der Waals surface area contributed by atoms with E-state index in [1.165, 1.54) is 5.57 Å². The minimum absolute atomic E-state index is 0.132. The number of hydrogen-bond donors (Lipinski definition) is 1. The molecule has 1 heterocycles. The van der Waals surface area contributed by atoms with Crippen molar-refractivity contribution in [3.63, 3.8) is 0 Å². The number of methoxy groups -OCH3 is 1. The molecule has 1 aliphatic heterocycles. The Hall–Kier alpha value is -2.79. The minimum Gasteiger partial charge on any atom is -0.493 e. The van der Waals surface area contributed by atoms with Gasteiger partial charge in [-0.2, -0.15) is 0 Å². The van der Waals surface area contributed by atoms with Crippen molar-refractivity contribution in [2.24, 2.45) is 5.41 Å². The molecule has 0 saturated carbocycles. The lowest BCUT2D eigenvalue weighted by Gasteiger charge is -2.38. The third-order valence-corrected chi connectivity index (χ3v) is 5.22. The molecule has 30 heavy (non-hydrogen) atoms. The summed E-state index contributed by atoms with van der Waals surface area (Å²) in [5.74, 6) is 1.20. The zero-order valence-electron chi connectivity index (χ0n) is 18.3. The number of benzene rings is 1. The van der Waals surface area contributed by atoms with Gasteiger partial charge in [-0.1, -0.05) is 36.9 Å². The molecule has 0 aromatic heterocycles. The molecule has 1 N–H and O–H groups in total. The Balaban J connectivity index is 2.08. The Morgan fingerprint density at radius 2 is 2.03 bits per heavy atom. The van der Waals surface area contributed by atoms with Crippen molar-refractivity contribution in [1.82, 2.24) is 5.32 Å². The van der Waals surface area contributed by atoms with Crippen LogP contribution in [0.4, 0.5) is 0 Å². The number of amides is 1. The molecule has 0 unspecified atom stereocenters. The number of allylic oxidation sites excluding steroid dienone is 4. The van der Waals surface area contributed by atoms with Crippen LogP contribution in [-0.2, 0) is 9.53 Å². The van der Waals surface area contributed by atoms with Gasteiger partial charge in [-0.15, -0.1) is 0 Å². The molecule has 0 spiro atoms. The van der Waals surface area contributed by atoms with Gasteiger partial charge >= 0.3 is 0 Å². The maximum Gasteiger partial charge on any atom is 0.244 e. The molecule has 0 bridgehead atoms. The van der Waals surface area contributed by atoms with E-state index in [1.54, 1.807) is 25.3 Å². The minimum atomic E-state index is -0.148. The fraction of sp³-hybridized carbons (Fsp3) is 0.400. The second-order valence-electron chi connectivity index (χ2n) is 7.14. The van der Waals surface area contributed by atoms with Gasteiger partial charge in [0.2, 0.25) is 5.91 Å². The number of rotatable bonds is 10. The monoisotopic (exact) mass is 411 g/mol. The molecule has 162 valence electrons. The second kappa shape index (κ2) is 12.0. The third-order valence-electron chi connectivity index (χ3n) is 5.22. The number of ether oxygens (including phenoxy) is 3. The summed E-state index contributed by atoms with van der Waals surface area (Å²) in [4.78, 5) is 12.5. The Bertz CT molecular complexity index is 801. The summed E-state index contributed by atoms with van der Waals surface area (Å²) >= 11 is 0. The summed E-state index contributed by atoms with van der Waals surface area (Å²) in [7, 11) is 1.60. The predicted molar refractivity (Wildman–Crippen MR) is 122 cm³/mol. The Kier molecular flexibility index (Phi) is 9.42. The van der Waals surface area contributed by atoms with Crippen LogP contribution in [0.1, 0.15) is 32.3 Å². The molecular formula is C25H33NO4. The number of nitrogens with one attached hydrogen (secondary N) is 1. The topological polar surface area (TPSA) is 56.8 Å². The highest BCUT2D eigenvalue weighted by Crippen LogP contribution is 2.38. The first-order valence-electron chi connectivity index (χ1n) is 10.4. The SMILES string of the molecule is C=CC=C(C=CC)C1(CNC(=O)C=Cc2ccc(OCC)c(OC)c2)CCOCC1. The van der Waals surface area contributed by atoms with Gasteiger partial charge in [-0.25, -0.2) is 0 Å². The summed E-state index contributed by atoms with van der Waals surface area (Å²) in [6, 6.07) is 5.60. The van der Waals surface area contributed by atoms with Crippen LogP contribution in [0.2, 0.25) is 0 Å². The highest BCUT2D eigenvalue weighted by Gasteiger charge is 2.35. The molecule has 1 amide bonds. The van der Waals surface area contributed by atoms with E-state index in [4.69, 9.17) is 14.2 Å². The van der Waals surface area contributed by atoms with Crippen molar-refractivity contribution in [1.29, 1.82) is 0 Å². The van der Waals surface area contributed by atoms with Crippen LogP contribution in [0, 0.1) is 5.41 Å². The predicted octanol–water partition coefficient (Wildman–Crippen LogP) is 4.71. The maximum atomic E-state index is 12.5. The van der Waals surface area contributed by atoms with Crippen LogP contribution >= 0.6 is 0 Å². The Morgan fingerprint density at radius 3 is 2.67 bits per heavy atom. The zero-order chi connectivity index (χ0) is 21.8. The summed E-state index contributed by atoms with van der Waals surface area (Å²) < 4.78 is 16.5. The van der Waals surface area contributed by atoms with E-state index in [-0.39, 0.29) is 11.3 Å². The van der Waals surface area contributed by atoms with Crippen LogP contribution in [-0.4, -0.2) is 39.4 Å². The molecule has 1 aromatic rings. The van der Waals surface area contributed by atoms with E-state index < -0.39 is 0 Å². The van der Waals surface area contributed by atoms with Gasteiger partial charge in [0.25, 0.3) is 0 Å². The number of carbonyl (C=O) groups is 1. The van der Waals surface area contributed by atoms with Gasteiger partial charge in [-0.3, -0.25) is 4.79 Å². The van der Waals surface area contributed by atoms with E-state index in [1.807, 2.05) is 44.2 Å². The van der Waals surface area contributed by atoms with Crippen molar-refractivity contribution in [3.05, 3.63) is 66.3 Å². The lowest BCUT2D eigenvalue weighted by Crippen LogP contribution is -2.42. The van der Waals surface area contributed by atoms with E-state index >= 15 is 0 Å². The molecule has 1 aliphatic rings. The smallest absolute Gasteiger partial charge is 0.244 e. The zero-order valence-corrected chi connectivity index (χ0v) is 18.3. The number of hydrogen-bond acceptors (Lipinski definition) is 4. The first-order valence-corrected chi connectivity index (χ1v) is 10.4. The lowest BCUT2D eigenvalue weighted by molar-refractivity contribution is -0.117. The van der Waals surface area contributed by atoms with Crippen LogP contribution in [0.5, 0.6) is 11.5 Å². The summed E-state index contributed by atoms with van der Waals surface area (Å²) in [5.41, 5.74) is 1.89. The third kappa shape index (κ3) is 6.36. The molecule has 1 fully saturated rings. The molecule has 1 aromatic carbocycles. The normalized spacial score (nSPS) is 16.6. The van der Waals surface area contributed by atoms with Crippen molar-refractivity contribution in [2.45, 2.75) is 26.7 Å².